The molecule has 1 aromatic carbocycles. The summed E-state index contributed by atoms with van der Waals surface area (Å²) in [4.78, 5) is 29.3. The fraction of sp³-hybridized carbons (Fsp3) is 0.250. The zero-order valence-corrected chi connectivity index (χ0v) is 18.6. The maximum atomic E-state index is 14.1. The van der Waals surface area contributed by atoms with Crippen LogP contribution >= 0.6 is 34.5 Å². The molecule has 0 bridgehead atoms. The average Bonchev–Trinajstić information content (AvgIpc) is 3.30. The van der Waals surface area contributed by atoms with Gasteiger partial charge in [-0.1, -0.05) is 34.8 Å². The molecule has 0 fully saturated rings. The molecule has 0 spiro atoms. The predicted molar refractivity (Wildman–Crippen MR) is 115 cm³/mol. The number of nitrogens with zero attached hydrogens (tertiary/aromatic N) is 1. The molecule has 1 aromatic heterocycles. The van der Waals surface area contributed by atoms with Gasteiger partial charge in [-0.15, -0.1) is 11.3 Å². The molecule has 168 valence electrons. The summed E-state index contributed by atoms with van der Waals surface area (Å²) < 4.78 is 42.3. The number of nitrogens with one attached hydrogen (secondary N) is 2. The quantitative estimate of drug-likeness (QED) is 0.469. The Hall–Kier alpha value is -2.74. The number of aryl methyl sites for hydroxylation is 1. The molecule has 2 heterocycles. The molecule has 0 saturated heterocycles. The van der Waals surface area contributed by atoms with E-state index < -0.39 is 30.0 Å². The van der Waals surface area contributed by atoms with E-state index in [1.165, 1.54) is 12.1 Å². The lowest BCUT2D eigenvalue weighted by atomic mass is 9.88. The SMILES string of the molecule is C#CNC(=O)CNC(=O)c1sc(C2=NOC(c3cc(Cl)cc(Cl)c3)(C(F)(F)F)C2)cc1C. The van der Waals surface area contributed by atoms with Crippen molar-refractivity contribution in [2.24, 2.45) is 5.16 Å². The first-order chi connectivity index (χ1) is 15.0. The van der Waals surface area contributed by atoms with Gasteiger partial charge in [-0.05, 0) is 36.8 Å². The van der Waals surface area contributed by atoms with Gasteiger partial charge in [0.15, 0.2) is 0 Å². The predicted octanol–water partition coefficient (Wildman–Crippen LogP) is 4.38. The Morgan fingerprint density at radius 3 is 2.53 bits per heavy atom. The number of amides is 2. The van der Waals surface area contributed by atoms with Crippen LogP contribution in [0.15, 0.2) is 29.4 Å². The van der Waals surface area contributed by atoms with E-state index >= 15 is 0 Å². The van der Waals surface area contributed by atoms with Crippen LogP contribution in [0.25, 0.3) is 0 Å². The van der Waals surface area contributed by atoms with Gasteiger partial charge in [-0.3, -0.25) is 14.9 Å². The summed E-state index contributed by atoms with van der Waals surface area (Å²) in [7, 11) is 0. The van der Waals surface area contributed by atoms with Gasteiger partial charge in [0, 0.05) is 21.7 Å². The molecule has 2 aromatic rings. The first kappa shape index (κ1) is 23.9. The Morgan fingerprint density at radius 2 is 1.94 bits per heavy atom. The van der Waals surface area contributed by atoms with Crippen molar-refractivity contribution in [1.82, 2.24) is 10.6 Å². The van der Waals surface area contributed by atoms with E-state index in [0.717, 1.165) is 23.5 Å². The number of carbonyl (C=O) groups excluding carboxylic acids is 2. The van der Waals surface area contributed by atoms with Crippen LogP contribution in [0.3, 0.4) is 0 Å². The molecule has 2 amide bonds. The van der Waals surface area contributed by atoms with Crippen molar-refractivity contribution in [2.75, 3.05) is 6.54 Å². The van der Waals surface area contributed by atoms with Crippen molar-refractivity contribution in [3.8, 4) is 12.5 Å². The topological polar surface area (TPSA) is 79.8 Å². The number of hydrogen-bond donors (Lipinski definition) is 2. The van der Waals surface area contributed by atoms with Gasteiger partial charge in [0.25, 0.3) is 17.4 Å². The lowest BCUT2D eigenvalue weighted by Crippen LogP contribution is -2.42. The minimum atomic E-state index is -4.83. The fourth-order valence-corrected chi connectivity index (χ4v) is 4.63. The summed E-state index contributed by atoms with van der Waals surface area (Å²) in [5.74, 6) is -1.16. The third-order valence-electron chi connectivity index (χ3n) is 4.54. The number of carbonyl (C=O) groups is 2. The van der Waals surface area contributed by atoms with Gasteiger partial charge < -0.3 is 10.2 Å². The van der Waals surface area contributed by atoms with E-state index in [1.807, 2.05) is 6.04 Å². The smallest absolute Gasteiger partial charge is 0.374 e. The van der Waals surface area contributed by atoms with Gasteiger partial charge in [0.1, 0.15) is 5.71 Å². The van der Waals surface area contributed by atoms with Crippen molar-refractivity contribution >= 4 is 52.1 Å². The molecule has 2 N–H and O–H groups in total. The summed E-state index contributed by atoms with van der Waals surface area (Å²) in [6, 6.07) is 7.02. The third kappa shape index (κ3) is 4.70. The van der Waals surface area contributed by atoms with E-state index in [9.17, 15) is 22.8 Å². The lowest BCUT2D eigenvalue weighted by Gasteiger charge is -2.29. The summed E-state index contributed by atoms with van der Waals surface area (Å²) in [5.41, 5.74) is -2.55. The first-order valence-corrected chi connectivity index (χ1v) is 10.5. The molecule has 32 heavy (non-hydrogen) atoms. The number of hydrogen-bond acceptors (Lipinski definition) is 5. The van der Waals surface area contributed by atoms with Crippen LogP contribution in [-0.2, 0) is 15.2 Å². The Balaban J connectivity index is 1.86. The van der Waals surface area contributed by atoms with Crippen LogP contribution in [0.4, 0.5) is 13.2 Å². The molecule has 1 atom stereocenters. The van der Waals surface area contributed by atoms with Crippen molar-refractivity contribution in [1.29, 1.82) is 0 Å². The van der Waals surface area contributed by atoms with Crippen molar-refractivity contribution < 1.29 is 27.6 Å². The Kier molecular flexibility index (Phi) is 6.74. The molecule has 0 radical (unpaired) electrons. The minimum Gasteiger partial charge on any atom is -0.374 e. The molecule has 0 aliphatic carbocycles. The van der Waals surface area contributed by atoms with Gasteiger partial charge in [-0.2, -0.15) is 13.2 Å². The third-order valence-corrected chi connectivity index (χ3v) is 6.27. The number of thiophene rings is 1. The molecular formula is C20H14Cl2F3N3O3S. The molecule has 6 nitrogen and oxygen atoms in total. The second kappa shape index (κ2) is 9.02. The van der Waals surface area contributed by atoms with Gasteiger partial charge in [0.2, 0.25) is 0 Å². The van der Waals surface area contributed by atoms with E-state index in [0.29, 0.717) is 10.4 Å². The molecule has 1 aliphatic heterocycles. The highest BCUT2D eigenvalue weighted by molar-refractivity contribution is 7.16. The first-order valence-electron chi connectivity index (χ1n) is 8.88. The number of alkyl halides is 3. The standard InChI is InChI=1S/C20H14Cl2F3N3O3S/c1-3-26-16(29)9-27-18(30)17-10(2)4-15(32-17)14-8-19(31-28-14,20(23,24)25)11-5-12(21)7-13(22)6-11/h1,4-7H,8-9H2,2H3,(H,26,29)(H,27,30). The largest absolute Gasteiger partial charge is 0.435 e. The highest BCUT2D eigenvalue weighted by Gasteiger charge is 2.62. The monoisotopic (exact) mass is 503 g/mol. The molecular weight excluding hydrogens is 490 g/mol. The van der Waals surface area contributed by atoms with E-state index in [2.05, 4.69) is 15.8 Å². The number of benzene rings is 1. The molecule has 1 aliphatic rings. The van der Waals surface area contributed by atoms with Gasteiger partial charge in [0.05, 0.1) is 22.7 Å². The summed E-state index contributed by atoms with van der Waals surface area (Å²) in [6.45, 7) is 1.26. The zero-order chi connectivity index (χ0) is 23.7. The summed E-state index contributed by atoms with van der Waals surface area (Å²) in [6.07, 6.45) is -0.527. The van der Waals surface area contributed by atoms with Crippen molar-refractivity contribution in [2.45, 2.75) is 25.1 Å². The summed E-state index contributed by atoms with van der Waals surface area (Å²) >= 11 is 12.7. The molecule has 1 unspecified atom stereocenters. The maximum absolute atomic E-state index is 14.1. The lowest BCUT2D eigenvalue weighted by molar-refractivity contribution is -0.275. The van der Waals surface area contributed by atoms with Crippen LogP contribution in [-0.4, -0.2) is 30.2 Å². The second-order valence-electron chi connectivity index (χ2n) is 6.79. The number of rotatable bonds is 5. The van der Waals surface area contributed by atoms with E-state index in [1.54, 1.807) is 6.92 Å². The maximum Gasteiger partial charge on any atom is 0.435 e. The Labute approximate surface area is 194 Å². The van der Waals surface area contributed by atoms with Gasteiger partial charge >= 0.3 is 6.18 Å². The normalized spacial score (nSPS) is 17.8. The summed E-state index contributed by atoms with van der Waals surface area (Å²) in [5, 5.41) is 8.19. The second-order valence-corrected chi connectivity index (χ2v) is 8.71. The minimum absolute atomic E-state index is 0.00986. The Morgan fingerprint density at radius 1 is 1.28 bits per heavy atom. The average molecular weight is 504 g/mol. The van der Waals surface area contributed by atoms with Crippen LogP contribution in [0.1, 0.15) is 32.1 Å². The van der Waals surface area contributed by atoms with Crippen molar-refractivity contribution in [3.05, 3.63) is 55.2 Å². The van der Waals surface area contributed by atoms with Crippen LogP contribution in [0.5, 0.6) is 0 Å². The van der Waals surface area contributed by atoms with Crippen LogP contribution < -0.4 is 10.6 Å². The van der Waals surface area contributed by atoms with Crippen LogP contribution in [0, 0.1) is 19.4 Å². The van der Waals surface area contributed by atoms with Gasteiger partial charge in [-0.25, -0.2) is 0 Å². The molecule has 0 saturated carbocycles. The fourth-order valence-electron chi connectivity index (χ4n) is 3.04. The number of oxime groups is 1. The molecule has 3 rings (SSSR count). The highest BCUT2D eigenvalue weighted by Crippen LogP contribution is 2.50. The van der Waals surface area contributed by atoms with E-state index in [-0.39, 0.29) is 32.7 Å². The number of halogens is 5. The van der Waals surface area contributed by atoms with Crippen LogP contribution in [0.2, 0.25) is 10.0 Å². The molecule has 12 heteroatoms. The highest BCUT2D eigenvalue weighted by atomic mass is 35.5. The van der Waals surface area contributed by atoms with E-state index in [4.69, 9.17) is 34.5 Å². The Bertz CT molecular complexity index is 1140. The van der Waals surface area contributed by atoms with Crippen molar-refractivity contribution in [3.63, 3.8) is 0 Å². The number of terminal acetylenes is 1. The zero-order valence-electron chi connectivity index (χ0n) is 16.3.